The third kappa shape index (κ3) is 3.71. The van der Waals surface area contributed by atoms with Crippen molar-refractivity contribution >= 4 is 11.4 Å². The summed E-state index contributed by atoms with van der Waals surface area (Å²) in [6, 6.07) is 3.61. The summed E-state index contributed by atoms with van der Waals surface area (Å²) in [5.74, 6) is 0. The van der Waals surface area contributed by atoms with Gasteiger partial charge in [0.2, 0.25) is 0 Å². The second kappa shape index (κ2) is 6.59. The quantitative estimate of drug-likeness (QED) is 0.463. The van der Waals surface area contributed by atoms with Crippen molar-refractivity contribution in [1.82, 2.24) is 0 Å². The molecule has 9 heteroatoms. The summed E-state index contributed by atoms with van der Waals surface area (Å²) in [7, 11) is 0. The number of benzene rings is 1. The van der Waals surface area contributed by atoms with Gasteiger partial charge in [-0.2, -0.15) is 6.92 Å². The summed E-state index contributed by atoms with van der Waals surface area (Å²) in [5, 5.41) is 20.7. The van der Waals surface area contributed by atoms with Crippen LogP contribution >= 0.6 is 0 Å². The topological polar surface area (TPSA) is 120 Å². The normalized spacial score (nSPS) is 8.50. The van der Waals surface area contributed by atoms with Crippen molar-refractivity contribution in [3.63, 3.8) is 0 Å². The summed E-state index contributed by atoms with van der Waals surface area (Å²) >= 11 is -1.91. The van der Waals surface area contributed by atoms with E-state index >= 15 is 0 Å². The van der Waals surface area contributed by atoms with E-state index in [-0.39, 0.29) is 16.9 Å². The molecule has 0 aliphatic heterocycles. The van der Waals surface area contributed by atoms with Gasteiger partial charge < -0.3 is 0 Å². The molecule has 0 N–H and O–H groups in total. The predicted molar refractivity (Wildman–Crippen MR) is 45.6 cm³/mol. The molecule has 0 fully saturated rings. The van der Waals surface area contributed by atoms with Crippen molar-refractivity contribution in [2.45, 2.75) is 0 Å². The molecular formula is C7H5N2O6Tc. The summed E-state index contributed by atoms with van der Waals surface area (Å²) in [6.45, 7) is 3.28. The fourth-order valence-electron chi connectivity index (χ4n) is 0.905. The molecule has 0 unspecified atom stereocenters. The average Bonchev–Trinajstić information content (AvgIpc) is 2.18. The van der Waals surface area contributed by atoms with Crippen LogP contribution in [0.2, 0.25) is 0 Å². The van der Waals surface area contributed by atoms with Crippen molar-refractivity contribution in [2.75, 3.05) is 0 Å². The minimum atomic E-state index is -1.91. The molecule has 1 rings (SSSR count). The maximum absolute atomic E-state index is 10.3. The standard InChI is InChI=1S/C7H5N2O4.2O.Tc/c1-5-6(8(10)11)3-2-4-7(5)9(12)13;;;/h2-4H,1H2;;;/q-1;;;+1. The van der Waals surface area contributed by atoms with E-state index in [0.717, 1.165) is 0 Å². The van der Waals surface area contributed by atoms with Crippen LogP contribution in [0.5, 0.6) is 0 Å². The van der Waals surface area contributed by atoms with Gasteiger partial charge in [0.1, 0.15) is 0 Å². The Kier molecular flexibility index (Phi) is 5.82. The Morgan fingerprint density at radius 1 is 1.06 bits per heavy atom. The second-order valence-corrected chi connectivity index (χ2v) is 2.66. The third-order valence-corrected chi connectivity index (χ3v) is 1.52. The van der Waals surface area contributed by atoms with Gasteiger partial charge in [-0.15, -0.1) is 0 Å². The van der Waals surface area contributed by atoms with Gasteiger partial charge in [0, 0.05) is 9.85 Å². The van der Waals surface area contributed by atoms with Crippen LogP contribution in [0.4, 0.5) is 11.4 Å². The Hall–Kier alpha value is -1.86. The molecule has 1 aromatic rings. The van der Waals surface area contributed by atoms with Gasteiger partial charge >= 0.3 is 24.6 Å². The average molecular weight is 311 g/mol. The molecule has 0 saturated heterocycles. The number of nitro groups is 2. The number of nitro benzene ring substituents is 2. The first-order chi connectivity index (χ1) is 7.45. The van der Waals surface area contributed by atoms with Gasteiger partial charge in [0.25, 0.3) is 0 Å². The maximum atomic E-state index is 10.3. The monoisotopic (exact) mass is 310 g/mol. The van der Waals surface area contributed by atoms with Crippen LogP contribution in [0.25, 0.3) is 0 Å². The molecule has 0 saturated carbocycles. The van der Waals surface area contributed by atoms with E-state index in [1.165, 1.54) is 18.2 Å². The van der Waals surface area contributed by atoms with E-state index in [2.05, 4.69) is 6.92 Å². The van der Waals surface area contributed by atoms with Crippen molar-refractivity contribution in [3.05, 3.63) is 50.9 Å². The molecule has 16 heavy (non-hydrogen) atoms. The van der Waals surface area contributed by atoms with Crippen LogP contribution in [-0.4, -0.2) is 9.85 Å². The number of hydrogen-bond acceptors (Lipinski definition) is 6. The van der Waals surface area contributed by atoms with E-state index in [0.29, 0.717) is 0 Å². The van der Waals surface area contributed by atoms with E-state index in [1.807, 2.05) is 0 Å². The van der Waals surface area contributed by atoms with Crippen molar-refractivity contribution in [2.24, 2.45) is 0 Å². The SMILES string of the molecule is [CH2-]c1c([N+](=O)[O-])cccc1[N+](=O)[O-].[O]=[Tc+]=[O]. The Morgan fingerprint density at radius 2 is 1.38 bits per heavy atom. The molecule has 0 spiro atoms. The first kappa shape index (κ1) is 14.1. The minimum absolute atomic E-state index is 0.169. The Morgan fingerprint density at radius 3 is 1.62 bits per heavy atom. The van der Waals surface area contributed by atoms with Gasteiger partial charge in [-0.25, -0.2) is 0 Å². The van der Waals surface area contributed by atoms with Crippen molar-refractivity contribution in [1.29, 1.82) is 0 Å². The second-order valence-electron chi connectivity index (χ2n) is 2.35. The van der Waals surface area contributed by atoms with Gasteiger partial charge in [0.05, 0.1) is 0 Å². The van der Waals surface area contributed by atoms with E-state index < -0.39 is 27.5 Å². The number of hydrogen-bond donors (Lipinski definition) is 0. The van der Waals surface area contributed by atoms with Crippen LogP contribution in [0.1, 0.15) is 5.56 Å². The molecule has 0 aliphatic rings. The van der Waals surface area contributed by atoms with Crippen molar-refractivity contribution < 1.29 is 34.5 Å². The van der Waals surface area contributed by atoms with Gasteiger partial charge in [0.15, 0.2) is 11.4 Å². The van der Waals surface area contributed by atoms with Crippen molar-refractivity contribution in [3.8, 4) is 0 Å². The summed E-state index contributed by atoms with van der Waals surface area (Å²) in [4.78, 5) is 19.3. The third-order valence-electron chi connectivity index (χ3n) is 1.52. The predicted octanol–water partition coefficient (Wildman–Crippen LogP) is 1.45. The fraction of sp³-hybridized carbons (Fsp3) is 0. The Balaban J connectivity index is 0.000000673. The summed E-state index contributed by atoms with van der Waals surface area (Å²) in [5.41, 5.74) is -0.846. The zero-order valence-corrected chi connectivity index (χ0v) is 9.52. The van der Waals surface area contributed by atoms with Crippen LogP contribution in [0.3, 0.4) is 0 Å². The van der Waals surface area contributed by atoms with Crippen LogP contribution in [-0.2, 0) is 24.6 Å². The van der Waals surface area contributed by atoms with Gasteiger partial charge in [-0.05, 0) is 17.7 Å². The first-order valence-electron chi connectivity index (χ1n) is 3.58. The number of nitrogens with zero attached hydrogens (tertiary/aromatic N) is 2. The first-order valence-corrected chi connectivity index (χ1v) is 5.10. The fourth-order valence-corrected chi connectivity index (χ4v) is 0.905. The summed E-state index contributed by atoms with van der Waals surface area (Å²) in [6.07, 6.45) is 0. The summed E-state index contributed by atoms with van der Waals surface area (Å²) < 4.78 is 17.0. The van der Waals surface area contributed by atoms with Crippen LogP contribution in [0, 0.1) is 27.2 Å². The number of rotatable bonds is 2. The molecule has 0 bridgehead atoms. The van der Waals surface area contributed by atoms with E-state index in [1.54, 1.807) is 0 Å². The van der Waals surface area contributed by atoms with Crippen LogP contribution in [0.15, 0.2) is 18.2 Å². The van der Waals surface area contributed by atoms with Crippen LogP contribution < -0.4 is 0 Å². The van der Waals surface area contributed by atoms with E-state index in [4.69, 9.17) is 7.01 Å². The molecule has 0 aromatic heterocycles. The van der Waals surface area contributed by atoms with Gasteiger partial charge in [-0.3, -0.25) is 20.2 Å². The molecule has 86 valence electrons. The molecule has 0 heterocycles. The molecule has 0 radical (unpaired) electrons. The van der Waals surface area contributed by atoms with E-state index in [9.17, 15) is 20.2 Å². The molecule has 0 aliphatic carbocycles. The molecular weight excluding hydrogens is 306 g/mol. The Labute approximate surface area is 97.1 Å². The van der Waals surface area contributed by atoms with Gasteiger partial charge in [-0.1, -0.05) is 6.07 Å². The zero-order chi connectivity index (χ0) is 12.7. The Bertz CT molecular complexity index is 422. The zero-order valence-electron chi connectivity index (χ0n) is 7.66. The molecule has 0 amide bonds. The molecule has 1 aromatic carbocycles. The molecule has 0 atom stereocenters. The molecule has 8 nitrogen and oxygen atoms in total.